The van der Waals surface area contributed by atoms with Gasteiger partial charge in [0.25, 0.3) is 0 Å². The molecule has 8 heteroatoms. The van der Waals surface area contributed by atoms with E-state index in [9.17, 15) is 4.39 Å². The molecular formula is C18H27FIN5O. The zero-order valence-electron chi connectivity index (χ0n) is 15.5. The first-order valence-corrected chi connectivity index (χ1v) is 8.45. The van der Waals surface area contributed by atoms with E-state index in [1.54, 1.807) is 30.1 Å². The molecule has 1 aromatic carbocycles. The van der Waals surface area contributed by atoms with Crippen molar-refractivity contribution in [3.8, 4) is 5.69 Å². The Morgan fingerprint density at radius 2 is 2.15 bits per heavy atom. The van der Waals surface area contributed by atoms with Gasteiger partial charge in [-0.05, 0) is 38.0 Å². The Kier molecular flexibility index (Phi) is 10.2. The van der Waals surface area contributed by atoms with Crippen molar-refractivity contribution < 1.29 is 9.13 Å². The lowest BCUT2D eigenvalue weighted by molar-refractivity contribution is 0.195. The van der Waals surface area contributed by atoms with Crippen LogP contribution in [0.15, 0.2) is 35.6 Å². The monoisotopic (exact) mass is 475 g/mol. The number of rotatable bonds is 8. The number of nitrogens with zero attached hydrogens (tertiary/aromatic N) is 3. The van der Waals surface area contributed by atoms with E-state index >= 15 is 0 Å². The highest BCUT2D eigenvalue weighted by Crippen LogP contribution is 2.17. The summed E-state index contributed by atoms with van der Waals surface area (Å²) in [6.45, 7) is 6.49. The van der Waals surface area contributed by atoms with Gasteiger partial charge in [0.1, 0.15) is 11.6 Å². The molecule has 1 aromatic heterocycles. The Labute approximate surface area is 171 Å². The van der Waals surface area contributed by atoms with Crippen LogP contribution in [0.25, 0.3) is 5.69 Å². The number of hydrogen-bond donors (Lipinski definition) is 2. The number of guanidine groups is 1. The van der Waals surface area contributed by atoms with Crippen LogP contribution in [-0.2, 0) is 11.3 Å². The minimum Gasteiger partial charge on any atom is -0.385 e. The Morgan fingerprint density at radius 3 is 2.77 bits per heavy atom. The zero-order valence-corrected chi connectivity index (χ0v) is 17.8. The molecule has 0 atom stereocenters. The number of imidazole rings is 1. The largest absolute Gasteiger partial charge is 0.385 e. The van der Waals surface area contributed by atoms with Crippen LogP contribution in [0.1, 0.15) is 24.7 Å². The van der Waals surface area contributed by atoms with Gasteiger partial charge in [0, 0.05) is 39.2 Å². The molecule has 0 amide bonds. The summed E-state index contributed by atoms with van der Waals surface area (Å²) in [7, 11) is 1.68. The van der Waals surface area contributed by atoms with Crippen molar-refractivity contribution >= 4 is 29.9 Å². The average Bonchev–Trinajstić information content (AvgIpc) is 3.02. The summed E-state index contributed by atoms with van der Waals surface area (Å²) in [5.74, 6) is 1.18. The molecule has 0 aliphatic carbocycles. The minimum absolute atomic E-state index is 0. The molecule has 0 aliphatic rings. The average molecular weight is 475 g/mol. The van der Waals surface area contributed by atoms with Gasteiger partial charge in [-0.15, -0.1) is 24.0 Å². The van der Waals surface area contributed by atoms with Crippen LogP contribution in [0, 0.1) is 12.7 Å². The summed E-state index contributed by atoms with van der Waals surface area (Å²) in [5, 5.41) is 6.41. The Bertz CT molecular complexity index is 705. The molecule has 0 spiro atoms. The molecular weight excluding hydrogens is 448 g/mol. The first kappa shape index (κ1) is 22.4. The third-order valence-corrected chi connectivity index (χ3v) is 3.68. The standard InChI is InChI=1S/C18H26FN5O.HI/c1-4-20-18(22-8-5-11-25-3)23-13-15-6-7-17(16(19)12-15)24-10-9-21-14(24)2;/h6-7,9-10,12H,4-5,8,11,13H2,1-3H3,(H2,20,22,23);1H. The van der Waals surface area contributed by atoms with Crippen molar-refractivity contribution in [1.82, 2.24) is 20.2 Å². The highest BCUT2D eigenvalue weighted by atomic mass is 127. The van der Waals surface area contributed by atoms with Crippen LogP contribution in [-0.4, -0.2) is 42.3 Å². The van der Waals surface area contributed by atoms with Gasteiger partial charge in [0.15, 0.2) is 5.96 Å². The minimum atomic E-state index is -0.285. The van der Waals surface area contributed by atoms with Crippen molar-refractivity contribution in [2.75, 3.05) is 26.8 Å². The SMILES string of the molecule is CCNC(=NCc1ccc(-n2ccnc2C)c(F)c1)NCCCOC.I. The number of benzene rings is 1. The van der Waals surface area contributed by atoms with Crippen LogP contribution >= 0.6 is 24.0 Å². The van der Waals surface area contributed by atoms with Gasteiger partial charge in [-0.1, -0.05) is 6.07 Å². The second-order valence-electron chi connectivity index (χ2n) is 5.60. The van der Waals surface area contributed by atoms with Crippen molar-refractivity contribution in [2.45, 2.75) is 26.8 Å². The molecule has 144 valence electrons. The lowest BCUT2D eigenvalue weighted by atomic mass is 10.2. The van der Waals surface area contributed by atoms with Gasteiger partial charge in [0.05, 0.1) is 12.2 Å². The molecule has 0 saturated carbocycles. The number of hydrogen-bond acceptors (Lipinski definition) is 3. The van der Waals surface area contributed by atoms with Gasteiger partial charge >= 0.3 is 0 Å². The fraction of sp³-hybridized carbons (Fsp3) is 0.444. The van der Waals surface area contributed by atoms with E-state index in [1.165, 1.54) is 6.07 Å². The van der Waals surface area contributed by atoms with Gasteiger partial charge in [-0.2, -0.15) is 0 Å². The highest BCUT2D eigenvalue weighted by Gasteiger charge is 2.08. The van der Waals surface area contributed by atoms with Crippen LogP contribution in [0.5, 0.6) is 0 Å². The molecule has 6 nitrogen and oxygen atoms in total. The fourth-order valence-corrected chi connectivity index (χ4v) is 2.41. The summed E-state index contributed by atoms with van der Waals surface area (Å²) in [6.07, 6.45) is 4.30. The smallest absolute Gasteiger partial charge is 0.191 e. The number of aromatic nitrogens is 2. The van der Waals surface area contributed by atoms with Crippen LogP contribution in [0.3, 0.4) is 0 Å². The normalized spacial score (nSPS) is 11.2. The molecule has 2 aromatic rings. The number of nitrogens with one attached hydrogen (secondary N) is 2. The summed E-state index contributed by atoms with van der Waals surface area (Å²) in [5.41, 5.74) is 1.31. The lowest BCUT2D eigenvalue weighted by Gasteiger charge is -2.11. The second kappa shape index (κ2) is 11.8. The molecule has 0 bridgehead atoms. The van der Waals surface area contributed by atoms with E-state index in [0.717, 1.165) is 30.9 Å². The maximum atomic E-state index is 14.4. The maximum absolute atomic E-state index is 14.4. The van der Waals surface area contributed by atoms with E-state index < -0.39 is 0 Å². The zero-order chi connectivity index (χ0) is 18.1. The van der Waals surface area contributed by atoms with E-state index in [-0.39, 0.29) is 29.8 Å². The number of aryl methyl sites for hydroxylation is 1. The Hall–Kier alpha value is -1.68. The Morgan fingerprint density at radius 1 is 1.35 bits per heavy atom. The van der Waals surface area contributed by atoms with E-state index in [2.05, 4.69) is 20.6 Å². The molecule has 0 saturated heterocycles. The molecule has 0 radical (unpaired) electrons. The molecule has 2 rings (SSSR count). The van der Waals surface area contributed by atoms with E-state index in [1.807, 2.05) is 19.9 Å². The first-order chi connectivity index (χ1) is 12.2. The van der Waals surface area contributed by atoms with E-state index in [0.29, 0.717) is 24.8 Å². The fourth-order valence-electron chi connectivity index (χ4n) is 2.41. The van der Waals surface area contributed by atoms with Crippen LogP contribution in [0.4, 0.5) is 4.39 Å². The molecule has 2 N–H and O–H groups in total. The van der Waals surface area contributed by atoms with Gasteiger partial charge in [-0.25, -0.2) is 14.4 Å². The quantitative estimate of drug-likeness (QED) is 0.267. The van der Waals surface area contributed by atoms with Crippen molar-refractivity contribution in [3.63, 3.8) is 0 Å². The Balaban J connectivity index is 0.00000338. The number of aliphatic imine (C=N–C) groups is 1. The number of ether oxygens (including phenoxy) is 1. The second-order valence-corrected chi connectivity index (χ2v) is 5.60. The number of halogens is 2. The maximum Gasteiger partial charge on any atom is 0.191 e. The predicted octanol–water partition coefficient (Wildman–Crippen LogP) is 3.03. The summed E-state index contributed by atoms with van der Waals surface area (Å²) in [6, 6.07) is 5.16. The molecule has 0 fully saturated rings. The molecule has 1 heterocycles. The molecule has 26 heavy (non-hydrogen) atoms. The van der Waals surface area contributed by atoms with Gasteiger partial charge < -0.3 is 19.9 Å². The van der Waals surface area contributed by atoms with Crippen molar-refractivity contribution in [1.29, 1.82) is 0 Å². The third-order valence-electron chi connectivity index (χ3n) is 3.68. The topological polar surface area (TPSA) is 63.5 Å². The predicted molar refractivity (Wildman–Crippen MR) is 113 cm³/mol. The third kappa shape index (κ3) is 6.56. The van der Waals surface area contributed by atoms with Crippen molar-refractivity contribution in [2.24, 2.45) is 4.99 Å². The summed E-state index contributed by atoms with van der Waals surface area (Å²) < 4.78 is 21.2. The van der Waals surface area contributed by atoms with Gasteiger partial charge in [0.2, 0.25) is 0 Å². The van der Waals surface area contributed by atoms with Gasteiger partial charge in [-0.3, -0.25) is 0 Å². The highest BCUT2D eigenvalue weighted by molar-refractivity contribution is 14.0. The van der Waals surface area contributed by atoms with Crippen LogP contribution < -0.4 is 10.6 Å². The molecule has 0 unspecified atom stereocenters. The van der Waals surface area contributed by atoms with Crippen molar-refractivity contribution in [3.05, 3.63) is 47.8 Å². The summed E-state index contributed by atoms with van der Waals surface area (Å²) >= 11 is 0. The number of methoxy groups -OCH3 is 1. The lowest BCUT2D eigenvalue weighted by Crippen LogP contribution is -2.38. The first-order valence-electron chi connectivity index (χ1n) is 8.45. The van der Waals surface area contributed by atoms with E-state index in [4.69, 9.17) is 4.74 Å². The van der Waals surface area contributed by atoms with Crippen LogP contribution in [0.2, 0.25) is 0 Å². The molecule has 0 aliphatic heterocycles. The summed E-state index contributed by atoms with van der Waals surface area (Å²) in [4.78, 5) is 8.63.